The van der Waals surface area contributed by atoms with Gasteiger partial charge in [0, 0.05) is 12.1 Å². The van der Waals surface area contributed by atoms with Crippen molar-refractivity contribution < 1.29 is 5.11 Å². The average Bonchev–Trinajstić information content (AvgIpc) is 2.01. The van der Waals surface area contributed by atoms with E-state index in [4.69, 9.17) is 0 Å². The molecule has 0 aliphatic carbocycles. The Morgan fingerprint density at radius 2 is 1.69 bits per heavy atom. The molecule has 2 N–H and O–H groups in total. The molecule has 1 unspecified atom stereocenters. The highest BCUT2D eigenvalue weighted by Crippen LogP contribution is 2.16. The van der Waals surface area contributed by atoms with Crippen LogP contribution in [0.4, 0.5) is 0 Å². The summed E-state index contributed by atoms with van der Waals surface area (Å²) in [5.74, 6) is 0.285. The van der Waals surface area contributed by atoms with Crippen molar-refractivity contribution in [2.24, 2.45) is 5.92 Å². The Hall–Kier alpha value is -0.0800. The lowest BCUT2D eigenvalue weighted by molar-refractivity contribution is 0.00806. The maximum atomic E-state index is 9.99. The monoisotopic (exact) mass is 187 g/mol. The summed E-state index contributed by atoms with van der Waals surface area (Å²) in [6.07, 6.45) is 1.07. The highest BCUT2D eigenvalue weighted by Gasteiger charge is 2.27. The molecule has 0 aliphatic rings. The largest absolute Gasteiger partial charge is 0.389 e. The first-order chi connectivity index (χ1) is 5.71. The third-order valence-corrected chi connectivity index (χ3v) is 3.05. The molecule has 80 valence electrons. The topological polar surface area (TPSA) is 32.3 Å². The van der Waals surface area contributed by atoms with Crippen LogP contribution in [0.25, 0.3) is 0 Å². The maximum Gasteiger partial charge on any atom is 0.0766 e. The van der Waals surface area contributed by atoms with Crippen LogP contribution < -0.4 is 5.32 Å². The summed E-state index contributed by atoms with van der Waals surface area (Å²) in [5, 5.41) is 13.4. The quantitative estimate of drug-likeness (QED) is 0.691. The molecule has 0 heterocycles. The fraction of sp³-hybridized carbons (Fsp3) is 1.00. The van der Waals surface area contributed by atoms with Gasteiger partial charge in [-0.2, -0.15) is 0 Å². The third-order valence-electron chi connectivity index (χ3n) is 3.05. The summed E-state index contributed by atoms with van der Waals surface area (Å²) in [6.45, 7) is 13.1. The van der Waals surface area contributed by atoms with Gasteiger partial charge >= 0.3 is 0 Å². The second-order valence-electron chi connectivity index (χ2n) is 5.10. The normalized spacial score (nSPS) is 17.5. The van der Waals surface area contributed by atoms with Gasteiger partial charge in [0.05, 0.1) is 5.60 Å². The van der Waals surface area contributed by atoms with Crippen molar-refractivity contribution in [1.29, 1.82) is 0 Å². The minimum Gasteiger partial charge on any atom is -0.389 e. The maximum absolute atomic E-state index is 9.99. The van der Waals surface area contributed by atoms with E-state index in [9.17, 15) is 5.11 Å². The van der Waals surface area contributed by atoms with Gasteiger partial charge in [-0.25, -0.2) is 0 Å². The van der Waals surface area contributed by atoms with E-state index < -0.39 is 5.60 Å². The smallest absolute Gasteiger partial charge is 0.0766 e. The molecule has 0 rings (SSSR count). The minimum absolute atomic E-state index is 0.124. The number of hydrogen-bond donors (Lipinski definition) is 2. The number of nitrogens with one attached hydrogen (secondary N) is 1. The van der Waals surface area contributed by atoms with Gasteiger partial charge in [-0.05, 0) is 33.1 Å². The Labute approximate surface area is 82.7 Å². The van der Waals surface area contributed by atoms with Crippen LogP contribution >= 0.6 is 0 Å². The Morgan fingerprint density at radius 3 is 2.00 bits per heavy atom. The lowest BCUT2D eigenvalue weighted by Crippen LogP contribution is -2.49. The minimum atomic E-state index is -0.605. The molecule has 0 bridgehead atoms. The summed E-state index contributed by atoms with van der Waals surface area (Å²) in [5.41, 5.74) is -0.481. The van der Waals surface area contributed by atoms with Gasteiger partial charge in [0.1, 0.15) is 0 Å². The first-order valence-corrected chi connectivity index (χ1v) is 5.18. The Kier molecular flexibility index (Phi) is 4.40. The van der Waals surface area contributed by atoms with E-state index in [2.05, 4.69) is 26.1 Å². The van der Waals surface area contributed by atoms with E-state index in [0.717, 1.165) is 6.42 Å². The highest BCUT2D eigenvalue weighted by molar-refractivity contribution is 4.84. The lowest BCUT2D eigenvalue weighted by atomic mass is 9.91. The van der Waals surface area contributed by atoms with Crippen LogP contribution in [0.1, 0.15) is 48.0 Å². The predicted molar refractivity (Wildman–Crippen MR) is 57.8 cm³/mol. The van der Waals surface area contributed by atoms with Crippen molar-refractivity contribution in [2.75, 3.05) is 6.54 Å². The summed E-state index contributed by atoms with van der Waals surface area (Å²) in [6, 6.07) is 0. The Bertz CT molecular complexity index is 150. The molecular weight excluding hydrogens is 162 g/mol. The van der Waals surface area contributed by atoms with E-state index in [1.54, 1.807) is 0 Å². The number of β-amino-alcohol motifs (C(OH)–C–C–N with tert-alkyl or cyclic N) is 1. The molecule has 0 aromatic rings. The van der Waals surface area contributed by atoms with Crippen molar-refractivity contribution in [3.05, 3.63) is 0 Å². The second-order valence-corrected chi connectivity index (χ2v) is 5.10. The summed E-state index contributed by atoms with van der Waals surface area (Å²) in [4.78, 5) is 0. The molecule has 0 amide bonds. The second kappa shape index (κ2) is 4.43. The first-order valence-electron chi connectivity index (χ1n) is 5.18. The van der Waals surface area contributed by atoms with E-state index in [0.29, 0.717) is 6.54 Å². The van der Waals surface area contributed by atoms with Gasteiger partial charge in [0.2, 0.25) is 0 Å². The van der Waals surface area contributed by atoms with Crippen LogP contribution in [0, 0.1) is 5.92 Å². The molecule has 0 radical (unpaired) electrons. The molecule has 0 saturated heterocycles. The fourth-order valence-electron chi connectivity index (χ4n) is 0.747. The molecule has 1 atom stereocenters. The Balaban J connectivity index is 4.02. The van der Waals surface area contributed by atoms with Crippen molar-refractivity contribution in [3.63, 3.8) is 0 Å². The Morgan fingerprint density at radius 1 is 1.23 bits per heavy atom. The fourth-order valence-corrected chi connectivity index (χ4v) is 0.747. The summed E-state index contributed by atoms with van der Waals surface area (Å²) >= 11 is 0. The van der Waals surface area contributed by atoms with Crippen LogP contribution in [0.2, 0.25) is 0 Å². The number of hydrogen-bond acceptors (Lipinski definition) is 2. The number of aliphatic hydroxyl groups is 1. The van der Waals surface area contributed by atoms with Crippen LogP contribution in [-0.2, 0) is 0 Å². The van der Waals surface area contributed by atoms with Gasteiger partial charge in [-0.3, -0.25) is 0 Å². The highest BCUT2D eigenvalue weighted by atomic mass is 16.3. The predicted octanol–water partition coefficient (Wildman–Crippen LogP) is 2.17. The van der Waals surface area contributed by atoms with Crippen molar-refractivity contribution in [3.8, 4) is 0 Å². The zero-order valence-corrected chi connectivity index (χ0v) is 9.94. The molecule has 0 aromatic heterocycles. The van der Waals surface area contributed by atoms with Crippen LogP contribution in [0.15, 0.2) is 0 Å². The molecule has 0 fully saturated rings. The zero-order chi connectivity index (χ0) is 10.7. The van der Waals surface area contributed by atoms with Gasteiger partial charge in [0.25, 0.3) is 0 Å². The van der Waals surface area contributed by atoms with Crippen LogP contribution in [0.3, 0.4) is 0 Å². The van der Waals surface area contributed by atoms with Gasteiger partial charge in [-0.15, -0.1) is 0 Å². The van der Waals surface area contributed by atoms with Crippen molar-refractivity contribution in [1.82, 2.24) is 5.32 Å². The SMILES string of the molecule is CCC(C)(C)NCC(C)(O)C(C)C. The molecule has 0 aliphatic heterocycles. The van der Waals surface area contributed by atoms with Crippen LogP contribution in [-0.4, -0.2) is 22.8 Å². The third kappa shape index (κ3) is 4.63. The molecule has 0 spiro atoms. The molecule has 2 nitrogen and oxygen atoms in total. The van der Waals surface area contributed by atoms with E-state index in [-0.39, 0.29) is 11.5 Å². The zero-order valence-electron chi connectivity index (χ0n) is 9.94. The van der Waals surface area contributed by atoms with Gasteiger partial charge < -0.3 is 10.4 Å². The molecule has 0 saturated carbocycles. The van der Waals surface area contributed by atoms with Crippen LogP contribution in [0.5, 0.6) is 0 Å². The summed E-state index contributed by atoms with van der Waals surface area (Å²) < 4.78 is 0. The van der Waals surface area contributed by atoms with Gasteiger partial charge in [0.15, 0.2) is 0 Å². The molecular formula is C11H25NO. The van der Waals surface area contributed by atoms with E-state index in [1.165, 1.54) is 0 Å². The van der Waals surface area contributed by atoms with Crippen molar-refractivity contribution in [2.45, 2.75) is 59.1 Å². The molecule has 2 heteroatoms. The first kappa shape index (κ1) is 12.9. The average molecular weight is 187 g/mol. The molecule has 0 aromatic carbocycles. The summed E-state index contributed by atoms with van der Waals surface area (Å²) in [7, 11) is 0. The van der Waals surface area contributed by atoms with E-state index in [1.807, 2.05) is 20.8 Å². The van der Waals surface area contributed by atoms with E-state index >= 15 is 0 Å². The standard InChI is InChI=1S/C11H25NO/c1-7-10(4,5)12-8-11(6,13)9(2)3/h9,12-13H,7-8H2,1-6H3. The molecule has 13 heavy (non-hydrogen) atoms. The lowest BCUT2D eigenvalue weighted by Gasteiger charge is -2.33. The van der Waals surface area contributed by atoms with Crippen molar-refractivity contribution >= 4 is 0 Å². The van der Waals surface area contributed by atoms with Gasteiger partial charge in [-0.1, -0.05) is 20.8 Å². The number of rotatable bonds is 5.